The summed E-state index contributed by atoms with van der Waals surface area (Å²) in [5.74, 6) is -0.737. The Morgan fingerprint density at radius 1 is 1.18 bits per heavy atom. The number of benzene rings is 2. The van der Waals surface area contributed by atoms with Crippen molar-refractivity contribution in [1.82, 2.24) is 10.2 Å². The second-order valence-electron chi connectivity index (χ2n) is 7.60. The molecule has 1 spiro atoms. The Kier molecular flexibility index (Phi) is 4.41. The third-order valence-corrected chi connectivity index (χ3v) is 5.62. The van der Waals surface area contributed by atoms with Crippen molar-refractivity contribution < 1.29 is 14.4 Å². The van der Waals surface area contributed by atoms with Crippen LogP contribution in [0.5, 0.6) is 0 Å². The number of hydrogen-bond acceptors (Lipinski definition) is 3. The van der Waals surface area contributed by atoms with Crippen LogP contribution in [0.1, 0.15) is 35.1 Å². The minimum Gasteiger partial charge on any atom is -0.324 e. The van der Waals surface area contributed by atoms with Crippen molar-refractivity contribution in [2.45, 2.75) is 38.6 Å². The predicted octanol–water partition coefficient (Wildman–Crippen LogP) is 3.03. The van der Waals surface area contributed by atoms with Crippen molar-refractivity contribution in [3.63, 3.8) is 0 Å². The smallest absolute Gasteiger partial charge is 0.324 e. The Morgan fingerprint density at radius 2 is 1.96 bits per heavy atom. The maximum atomic E-state index is 13.2. The molecule has 1 fully saturated rings. The van der Waals surface area contributed by atoms with Crippen LogP contribution < -0.4 is 10.6 Å². The molecule has 0 radical (unpaired) electrons. The summed E-state index contributed by atoms with van der Waals surface area (Å²) in [6, 6.07) is 12.9. The van der Waals surface area contributed by atoms with Crippen LogP contribution in [0.15, 0.2) is 42.5 Å². The molecule has 2 aromatic rings. The molecule has 4 rings (SSSR count). The molecular formula is C22H23N3O3. The summed E-state index contributed by atoms with van der Waals surface area (Å²) < 4.78 is 0. The number of urea groups is 1. The molecule has 4 amide bonds. The summed E-state index contributed by atoms with van der Waals surface area (Å²) in [7, 11) is 0. The third kappa shape index (κ3) is 2.95. The van der Waals surface area contributed by atoms with Gasteiger partial charge in [-0.3, -0.25) is 14.5 Å². The van der Waals surface area contributed by atoms with Gasteiger partial charge >= 0.3 is 6.03 Å². The van der Waals surface area contributed by atoms with Crippen molar-refractivity contribution in [1.29, 1.82) is 0 Å². The number of imide groups is 1. The van der Waals surface area contributed by atoms with E-state index in [1.165, 1.54) is 0 Å². The molecule has 0 unspecified atom stereocenters. The molecule has 2 aromatic carbocycles. The molecule has 6 heteroatoms. The first kappa shape index (κ1) is 18.2. The van der Waals surface area contributed by atoms with Gasteiger partial charge in [-0.25, -0.2) is 4.79 Å². The summed E-state index contributed by atoms with van der Waals surface area (Å²) in [4.78, 5) is 39.4. The minimum atomic E-state index is -1.05. The van der Waals surface area contributed by atoms with Crippen LogP contribution in [0.2, 0.25) is 0 Å². The van der Waals surface area contributed by atoms with Gasteiger partial charge in [0.05, 0.1) is 0 Å². The van der Waals surface area contributed by atoms with Gasteiger partial charge in [-0.2, -0.15) is 0 Å². The summed E-state index contributed by atoms with van der Waals surface area (Å²) in [6.07, 6.45) is 2.24. The van der Waals surface area contributed by atoms with Gasteiger partial charge in [0.15, 0.2) is 0 Å². The Balaban J connectivity index is 1.56. The van der Waals surface area contributed by atoms with E-state index in [0.29, 0.717) is 12.1 Å². The quantitative estimate of drug-likeness (QED) is 0.807. The first-order valence-electron chi connectivity index (χ1n) is 9.50. The maximum absolute atomic E-state index is 13.2. The Labute approximate surface area is 163 Å². The molecule has 1 saturated heterocycles. The van der Waals surface area contributed by atoms with Gasteiger partial charge in [0.25, 0.3) is 5.91 Å². The van der Waals surface area contributed by atoms with Crippen LogP contribution in [-0.2, 0) is 21.5 Å². The zero-order valence-electron chi connectivity index (χ0n) is 16.0. The van der Waals surface area contributed by atoms with Crippen molar-refractivity contribution >= 4 is 23.5 Å². The van der Waals surface area contributed by atoms with E-state index in [2.05, 4.69) is 10.6 Å². The van der Waals surface area contributed by atoms with Gasteiger partial charge in [-0.05, 0) is 61.4 Å². The lowest BCUT2D eigenvalue weighted by Gasteiger charge is -2.33. The summed E-state index contributed by atoms with van der Waals surface area (Å²) in [6.45, 7) is 3.54. The highest BCUT2D eigenvalue weighted by atomic mass is 16.2. The van der Waals surface area contributed by atoms with Crippen molar-refractivity contribution in [2.24, 2.45) is 0 Å². The number of amides is 4. The zero-order valence-corrected chi connectivity index (χ0v) is 16.0. The molecule has 0 saturated carbocycles. The van der Waals surface area contributed by atoms with E-state index in [1.807, 2.05) is 56.3 Å². The highest BCUT2D eigenvalue weighted by Crippen LogP contribution is 2.39. The lowest BCUT2D eigenvalue weighted by Crippen LogP contribution is -2.47. The fraction of sp³-hybridized carbons (Fsp3) is 0.318. The molecule has 144 valence electrons. The van der Waals surface area contributed by atoms with Gasteiger partial charge in [0.1, 0.15) is 12.1 Å². The molecule has 2 aliphatic rings. The number of carbonyl (C=O) groups excluding carboxylic acids is 3. The molecule has 28 heavy (non-hydrogen) atoms. The number of carbonyl (C=O) groups is 3. The molecule has 1 heterocycles. The number of anilines is 1. The summed E-state index contributed by atoms with van der Waals surface area (Å²) >= 11 is 0. The van der Waals surface area contributed by atoms with Gasteiger partial charge < -0.3 is 10.6 Å². The van der Waals surface area contributed by atoms with Crippen molar-refractivity contribution in [3.8, 4) is 0 Å². The molecule has 2 N–H and O–H groups in total. The van der Waals surface area contributed by atoms with E-state index in [4.69, 9.17) is 0 Å². The molecular weight excluding hydrogens is 354 g/mol. The summed E-state index contributed by atoms with van der Waals surface area (Å²) in [5, 5.41) is 5.69. The lowest BCUT2D eigenvalue weighted by atomic mass is 9.76. The van der Waals surface area contributed by atoms with Gasteiger partial charge in [0, 0.05) is 5.69 Å². The maximum Gasteiger partial charge on any atom is 0.325 e. The predicted molar refractivity (Wildman–Crippen MR) is 106 cm³/mol. The van der Waals surface area contributed by atoms with Crippen LogP contribution in [0, 0.1) is 13.8 Å². The fourth-order valence-corrected chi connectivity index (χ4v) is 4.16. The number of aryl methyl sites for hydroxylation is 3. The second kappa shape index (κ2) is 6.78. The Hall–Kier alpha value is -3.15. The standard InChI is InChI=1S/C22H23N3O3/c1-14-9-10-15(2)18(12-14)23-19(26)13-25-20(27)22(24-21(25)28)11-5-7-16-6-3-4-8-17(16)22/h3-4,6,8-10,12H,5,7,11,13H2,1-2H3,(H,23,26)(H,24,28)/t22-/m0/s1. The molecule has 0 bridgehead atoms. The zero-order chi connectivity index (χ0) is 19.9. The number of hydrogen-bond donors (Lipinski definition) is 2. The second-order valence-corrected chi connectivity index (χ2v) is 7.60. The van der Waals surface area contributed by atoms with Gasteiger partial charge in [-0.15, -0.1) is 0 Å². The topological polar surface area (TPSA) is 78.5 Å². The van der Waals surface area contributed by atoms with Gasteiger partial charge in [-0.1, -0.05) is 36.4 Å². The van der Waals surface area contributed by atoms with Crippen LogP contribution in [0.3, 0.4) is 0 Å². The third-order valence-electron chi connectivity index (χ3n) is 5.62. The highest BCUT2D eigenvalue weighted by molar-refractivity contribution is 6.10. The molecule has 0 aromatic heterocycles. The van der Waals surface area contributed by atoms with Gasteiger partial charge in [0.2, 0.25) is 5.91 Å². The van der Waals surface area contributed by atoms with Crippen LogP contribution >= 0.6 is 0 Å². The number of nitrogens with zero attached hydrogens (tertiary/aromatic N) is 1. The Morgan fingerprint density at radius 3 is 2.79 bits per heavy atom. The average molecular weight is 377 g/mol. The molecule has 1 atom stereocenters. The normalized spacial score (nSPS) is 20.9. The lowest BCUT2D eigenvalue weighted by molar-refractivity contribution is -0.134. The van der Waals surface area contributed by atoms with E-state index >= 15 is 0 Å². The molecule has 1 aliphatic heterocycles. The van der Waals surface area contributed by atoms with E-state index in [-0.39, 0.29) is 12.5 Å². The first-order valence-corrected chi connectivity index (χ1v) is 9.50. The fourth-order valence-electron chi connectivity index (χ4n) is 4.16. The van der Waals surface area contributed by atoms with E-state index in [0.717, 1.165) is 40.0 Å². The number of fused-ring (bicyclic) bond motifs is 2. The Bertz CT molecular complexity index is 985. The molecule has 1 aliphatic carbocycles. The number of nitrogens with one attached hydrogen (secondary N) is 2. The van der Waals surface area contributed by atoms with Crippen molar-refractivity contribution in [3.05, 3.63) is 64.7 Å². The van der Waals surface area contributed by atoms with E-state index in [1.54, 1.807) is 0 Å². The molecule has 6 nitrogen and oxygen atoms in total. The summed E-state index contributed by atoms with van der Waals surface area (Å²) in [5.41, 5.74) is 3.50. The first-order chi connectivity index (χ1) is 13.4. The van der Waals surface area contributed by atoms with E-state index in [9.17, 15) is 14.4 Å². The minimum absolute atomic E-state index is 0.304. The average Bonchev–Trinajstić information content (AvgIpc) is 2.90. The number of rotatable bonds is 3. The van der Waals surface area contributed by atoms with Crippen LogP contribution in [-0.4, -0.2) is 29.3 Å². The van der Waals surface area contributed by atoms with Crippen LogP contribution in [0.25, 0.3) is 0 Å². The van der Waals surface area contributed by atoms with Crippen molar-refractivity contribution in [2.75, 3.05) is 11.9 Å². The van der Waals surface area contributed by atoms with E-state index < -0.39 is 17.5 Å². The SMILES string of the molecule is Cc1ccc(C)c(NC(=O)CN2C(=O)N[C@]3(CCCc4ccccc43)C2=O)c1. The highest BCUT2D eigenvalue weighted by Gasteiger charge is 2.54. The monoisotopic (exact) mass is 377 g/mol. The van der Waals surface area contributed by atoms with Crippen LogP contribution in [0.4, 0.5) is 10.5 Å². The largest absolute Gasteiger partial charge is 0.325 e.